The van der Waals surface area contributed by atoms with Gasteiger partial charge in [0.15, 0.2) is 5.65 Å². The van der Waals surface area contributed by atoms with Gasteiger partial charge in [-0.15, -0.1) is 5.10 Å². The van der Waals surface area contributed by atoms with Crippen LogP contribution in [0.4, 0.5) is 4.39 Å². The van der Waals surface area contributed by atoms with Crippen molar-refractivity contribution in [2.75, 3.05) is 0 Å². The quantitative estimate of drug-likeness (QED) is 0.726. The van der Waals surface area contributed by atoms with Gasteiger partial charge < -0.3 is 5.32 Å². The second-order valence-electron chi connectivity index (χ2n) is 6.47. The fraction of sp³-hybridized carbons (Fsp3) is 0.333. The summed E-state index contributed by atoms with van der Waals surface area (Å²) in [4.78, 5) is 29.8. The van der Waals surface area contributed by atoms with Gasteiger partial charge >= 0.3 is 5.69 Å². The smallest absolute Gasteiger partial charge is 0.350 e. The lowest BCUT2D eigenvalue weighted by Gasteiger charge is -2.10. The number of carbonyl (C=O) groups excluding carboxylic acids is 1. The zero-order chi connectivity index (χ0) is 18.8. The van der Waals surface area contributed by atoms with Crippen molar-refractivity contribution in [1.29, 1.82) is 0 Å². The Labute approximate surface area is 158 Å². The molecule has 2 aromatic heterocycles. The SMILES string of the molecule is O=C(Cn1nc2c(Sc3ccc(F)cc3)nccn2c1=O)NC1CCCC1. The molecule has 9 heteroatoms. The average Bonchev–Trinajstić information content (AvgIpc) is 3.27. The molecule has 0 unspecified atom stereocenters. The van der Waals surface area contributed by atoms with Crippen LogP contribution in [-0.4, -0.2) is 31.1 Å². The van der Waals surface area contributed by atoms with Crippen LogP contribution in [0.25, 0.3) is 5.65 Å². The molecule has 140 valence electrons. The van der Waals surface area contributed by atoms with Gasteiger partial charge in [-0.3, -0.25) is 4.79 Å². The Morgan fingerprint density at radius 2 is 2.00 bits per heavy atom. The van der Waals surface area contributed by atoms with Crippen molar-refractivity contribution in [1.82, 2.24) is 24.5 Å². The first kappa shape index (κ1) is 17.7. The van der Waals surface area contributed by atoms with Crippen LogP contribution in [-0.2, 0) is 11.3 Å². The molecular formula is C18H18FN5O2S. The predicted molar refractivity (Wildman–Crippen MR) is 98.2 cm³/mol. The lowest BCUT2D eigenvalue weighted by molar-refractivity contribution is -0.122. The topological polar surface area (TPSA) is 81.3 Å². The molecule has 1 fully saturated rings. The minimum Gasteiger partial charge on any atom is -0.352 e. The number of benzene rings is 1. The third-order valence-corrected chi connectivity index (χ3v) is 5.50. The summed E-state index contributed by atoms with van der Waals surface area (Å²) in [6.45, 7) is -0.127. The van der Waals surface area contributed by atoms with E-state index in [2.05, 4.69) is 15.4 Å². The summed E-state index contributed by atoms with van der Waals surface area (Å²) in [6.07, 6.45) is 7.22. The standard InChI is InChI=1S/C18H18FN5O2S/c19-12-5-7-14(8-6-12)27-17-16-22-24(18(26)23(16)10-9-20-17)11-15(25)21-13-3-1-2-4-13/h5-10,13H,1-4,11H2,(H,21,25). The summed E-state index contributed by atoms with van der Waals surface area (Å²) in [6, 6.07) is 6.18. The minimum absolute atomic E-state index is 0.127. The van der Waals surface area contributed by atoms with Gasteiger partial charge in [-0.25, -0.2) is 23.3 Å². The highest BCUT2D eigenvalue weighted by molar-refractivity contribution is 7.99. The Balaban J connectivity index is 1.58. The van der Waals surface area contributed by atoms with E-state index in [0.29, 0.717) is 10.7 Å². The maximum atomic E-state index is 13.1. The van der Waals surface area contributed by atoms with E-state index >= 15 is 0 Å². The van der Waals surface area contributed by atoms with Crippen molar-refractivity contribution in [3.8, 4) is 0 Å². The van der Waals surface area contributed by atoms with E-state index < -0.39 is 5.69 Å². The summed E-state index contributed by atoms with van der Waals surface area (Å²) in [5.74, 6) is -0.535. The number of hydrogen-bond donors (Lipinski definition) is 1. The van der Waals surface area contributed by atoms with Gasteiger partial charge in [-0.05, 0) is 37.1 Å². The molecule has 1 aliphatic carbocycles. The molecule has 2 heterocycles. The first-order valence-corrected chi connectivity index (χ1v) is 9.59. The normalized spacial score (nSPS) is 14.7. The maximum Gasteiger partial charge on any atom is 0.350 e. The summed E-state index contributed by atoms with van der Waals surface area (Å²) >= 11 is 1.28. The maximum absolute atomic E-state index is 13.1. The molecule has 0 spiro atoms. The van der Waals surface area contributed by atoms with Crippen LogP contribution >= 0.6 is 11.8 Å². The zero-order valence-corrected chi connectivity index (χ0v) is 15.3. The van der Waals surface area contributed by atoms with Crippen LogP contribution in [0.1, 0.15) is 25.7 Å². The largest absolute Gasteiger partial charge is 0.352 e. The van der Waals surface area contributed by atoms with Crippen LogP contribution in [0.15, 0.2) is 51.4 Å². The van der Waals surface area contributed by atoms with E-state index in [-0.39, 0.29) is 24.3 Å². The second kappa shape index (κ2) is 7.51. The second-order valence-corrected chi connectivity index (χ2v) is 7.53. The van der Waals surface area contributed by atoms with E-state index in [0.717, 1.165) is 35.3 Å². The highest BCUT2D eigenvalue weighted by Gasteiger charge is 2.19. The fourth-order valence-electron chi connectivity index (χ4n) is 3.19. The first-order chi connectivity index (χ1) is 13.1. The number of carbonyl (C=O) groups is 1. The molecule has 0 radical (unpaired) electrons. The van der Waals surface area contributed by atoms with Crippen molar-refractivity contribution < 1.29 is 9.18 Å². The minimum atomic E-state index is -0.394. The molecule has 0 bridgehead atoms. The van der Waals surface area contributed by atoms with E-state index in [9.17, 15) is 14.0 Å². The lowest BCUT2D eigenvalue weighted by atomic mass is 10.2. The van der Waals surface area contributed by atoms with Gasteiger partial charge in [0.05, 0.1) is 0 Å². The van der Waals surface area contributed by atoms with E-state index in [1.807, 2.05) is 0 Å². The lowest BCUT2D eigenvalue weighted by Crippen LogP contribution is -2.37. The number of rotatable bonds is 5. The van der Waals surface area contributed by atoms with Gasteiger partial charge in [-0.2, -0.15) is 0 Å². The van der Waals surface area contributed by atoms with Crippen LogP contribution in [0.2, 0.25) is 0 Å². The number of nitrogens with one attached hydrogen (secondary N) is 1. The Bertz CT molecular complexity index is 1020. The summed E-state index contributed by atoms with van der Waals surface area (Å²) < 4.78 is 15.6. The summed E-state index contributed by atoms with van der Waals surface area (Å²) in [5.41, 5.74) is -0.0274. The number of halogens is 1. The van der Waals surface area contributed by atoms with Gasteiger partial charge in [-0.1, -0.05) is 24.6 Å². The van der Waals surface area contributed by atoms with Crippen molar-refractivity contribution >= 4 is 23.3 Å². The molecule has 7 nitrogen and oxygen atoms in total. The third kappa shape index (κ3) is 3.87. The van der Waals surface area contributed by atoms with Crippen LogP contribution in [0, 0.1) is 5.82 Å². The third-order valence-electron chi connectivity index (χ3n) is 4.51. The number of amides is 1. The van der Waals surface area contributed by atoms with E-state index in [1.54, 1.807) is 12.1 Å². The predicted octanol–water partition coefficient (Wildman–Crippen LogP) is 2.24. The Morgan fingerprint density at radius 1 is 1.26 bits per heavy atom. The van der Waals surface area contributed by atoms with Crippen molar-refractivity contribution in [2.45, 2.75) is 48.2 Å². The van der Waals surface area contributed by atoms with Gasteiger partial charge in [0.1, 0.15) is 17.4 Å². The molecule has 0 aliphatic heterocycles. The van der Waals surface area contributed by atoms with Crippen LogP contribution in [0.5, 0.6) is 0 Å². The Hall–Kier alpha value is -2.68. The van der Waals surface area contributed by atoms with Gasteiger partial charge in [0, 0.05) is 23.3 Å². The number of fused-ring (bicyclic) bond motifs is 1. The Morgan fingerprint density at radius 3 is 2.74 bits per heavy atom. The van der Waals surface area contributed by atoms with Crippen LogP contribution < -0.4 is 11.0 Å². The molecule has 1 saturated carbocycles. The monoisotopic (exact) mass is 387 g/mol. The number of nitrogens with zero attached hydrogens (tertiary/aromatic N) is 4. The highest BCUT2D eigenvalue weighted by Crippen LogP contribution is 2.28. The molecule has 4 rings (SSSR count). The fourth-order valence-corrected chi connectivity index (χ4v) is 4.03. The Kier molecular flexibility index (Phi) is 4.93. The number of aromatic nitrogens is 4. The van der Waals surface area contributed by atoms with E-state index in [1.165, 1.54) is 40.7 Å². The van der Waals surface area contributed by atoms with Gasteiger partial charge in [0.2, 0.25) is 5.91 Å². The molecule has 3 aromatic rings. The van der Waals surface area contributed by atoms with Crippen LogP contribution in [0.3, 0.4) is 0 Å². The van der Waals surface area contributed by atoms with Crippen molar-refractivity contribution in [3.05, 3.63) is 53.0 Å². The molecule has 27 heavy (non-hydrogen) atoms. The molecule has 0 atom stereocenters. The van der Waals surface area contributed by atoms with Crippen molar-refractivity contribution in [2.24, 2.45) is 0 Å². The summed E-state index contributed by atoms with van der Waals surface area (Å²) in [7, 11) is 0. The zero-order valence-electron chi connectivity index (χ0n) is 14.5. The summed E-state index contributed by atoms with van der Waals surface area (Å²) in [5, 5.41) is 7.75. The molecule has 1 amide bonds. The number of hydrogen-bond acceptors (Lipinski definition) is 5. The van der Waals surface area contributed by atoms with E-state index in [4.69, 9.17) is 0 Å². The molecule has 1 aromatic carbocycles. The van der Waals surface area contributed by atoms with Crippen molar-refractivity contribution in [3.63, 3.8) is 0 Å². The molecular weight excluding hydrogens is 369 g/mol. The van der Waals surface area contributed by atoms with Gasteiger partial charge in [0.25, 0.3) is 0 Å². The molecule has 1 aliphatic rings. The highest BCUT2D eigenvalue weighted by atomic mass is 32.2. The molecule has 1 N–H and O–H groups in total. The average molecular weight is 387 g/mol. The first-order valence-electron chi connectivity index (χ1n) is 8.77. The molecule has 0 saturated heterocycles.